The molecule has 5 aromatic rings. The van der Waals surface area contributed by atoms with E-state index in [2.05, 4.69) is 216 Å². The zero-order valence-electron chi connectivity index (χ0n) is 59.4. The Hall–Kier alpha value is -4.83. The van der Waals surface area contributed by atoms with Gasteiger partial charge < -0.3 is 30.4 Å². The SMILES string of the molecule is C.CC(C)c1cc(Br)cc(C(C)(C)C)c1O.CC(C)c1cc(C(C)(C)C)cc(C(C)(C)C)c1O.CC(C)c1cc(C(C)(C)C)cc(C23CC4CC(CC(C4)C2)C3)c1O.CC(C)c1cc(N(C)C)cc(C(C)(C)C)c1O.CC(C)c1cccc(C(F)(F)F)c1O. The number of rotatable bonds is 7. The first-order valence-electron chi connectivity index (χ1n) is 32.6. The molecule has 0 unspecified atom stereocenters. The number of hydrogen-bond donors (Lipinski definition) is 5. The predicted octanol–water partition coefficient (Wildman–Crippen LogP) is 24.0. The van der Waals surface area contributed by atoms with E-state index in [0.717, 1.165) is 72.9 Å². The highest BCUT2D eigenvalue weighted by Crippen LogP contribution is 2.62. The second-order valence-electron chi connectivity index (χ2n) is 33.1. The van der Waals surface area contributed by atoms with E-state index in [9.17, 15) is 38.7 Å². The van der Waals surface area contributed by atoms with Crippen LogP contribution in [0.1, 0.15) is 315 Å². The lowest BCUT2D eigenvalue weighted by atomic mass is 9.47. The van der Waals surface area contributed by atoms with Crippen molar-refractivity contribution in [1.29, 1.82) is 0 Å². The average Bonchev–Trinajstić information content (AvgIpc) is 0.733. The van der Waals surface area contributed by atoms with Gasteiger partial charge in [0.05, 0.1) is 5.56 Å². The normalized spacial score (nSPS) is 18.4. The largest absolute Gasteiger partial charge is 0.507 e. The van der Waals surface area contributed by atoms with Crippen molar-refractivity contribution < 1.29 is 38.7 Å². The second kappa shape index (κ2) is 29.4. The first-order chi connectivity index (χ1) is 39.8. The summed E-state index contributed by atoms with van der Waals surface area (Å²) in [5.74, 6) is 5.34. The molecule has 0 spiro atoms. The maximum atomic E-state index is 12.3. The summed E-state index contributed by atoms with van der Waals surface area (Å²) in [5.41, 5.74) is 12.2. The van der Waals surface area contributed by atoms with Gasteiger partial charge in [-0.1, -0.05) is 233 Å². The first-order valence-corrected chi connectivity index (χ1v) is 33.3. The maximum Gasteiger partial charge on any atom is 0.419 e. The fourth-order valence-electron chi connectivity index (χ4n) is 13.3. The van der Waals surface area contributed by atoms with Crippen molar-refractivity contribution in [2.75, 3.05) is 19.0 Å². The van der Waals surface area contributed by atoms with E-state index < -0.39 is 17.5 Å². The molecule has 0 aliphatic heterocycles. The standard InChI is InChI=1S/C23H34O.C17H28O.C15H25NO.C13H19BrO.C10H11F3O.CH4/c1-14(2)19-9-18(22(3,4)5)10-20(21(19)24)23-11-15-6-16(12-23)8-17(7-15)13-23;1-11(2)13-9-12(16(3,4)5)10-14(15(13)18)17(6,7)8;1-10(2)12-8-11(16(6)7)9-13(14(12)17)15(3,4)5;1-8(2)10-6-9(14)7-11(12(10)15)13(3,4)5;1-6(2)7-4-3-5-8(9(7)14)10(11,12)13;/h9-10,14-17,24H,6-8,11-13H2,1-5H3;9-11,18H,1-8H3;8-10,17H,1-7H3;6-8,15H,1-5H3;3-6,14H,1-2H3;1H4. The van der Waals surface area contributed by atoms with Crippen molar-refractivity contribution in [3.05, 3.63) is 138 Å². The van der Waals surface area contributed by atoms with Crippen LogP contribution in [0.25, 0.3) is 0 Å². The third kappa shape index (κ3) is 19.8. The molecule has 6 nitrogen and oxygen atoms in total. The van der Waals surface area contributed by atoms with Crippen molar-refractivity contribution in [2.24, 2.45) is 17.8 Å². The number of halogens is 4. The Bertz CT molecular complexity index is 3110. The van der Waals surface area contributed by atoms with Crippen molar-refractivity contribution in [3.8, 4) is 28.7 Å². The molecular formula is C79H121BrF3NO5. The number of alkyl halides is 3. The minimum atomic E-state index is -4.49. The zero-order valence-corrected chi connectivity index (χ0v) is 61.0. The summed E-state index contributed by atoms with van der Waals surface area (Å²) < 4.78 is 38.0. The van der Waals surface area contributed by atoms with Crippen LogP contribution in [0.15, 0.2) is 71.2 Å². The van der Waals surface area contributed by atoms with Crippen LogP contribution in [0.5, 0.6) is 28.7 Å². The Balaban J connectivity index is 0.000000294. The summed E-state index contributed by atoms with van der Waals surface area (Å²) in [6, 6.07) is 20.8. The molecule has 5 aromatic carbocycles. The van der Waals surface area contributed by atoms with Crippen molar-refractivity contribution in [1.82, 2.24) is 0 Å². The lowest BCUT2D eigenvalue weighted by Crippen LogP contribution is -2.48. The average molecular weight is 1300 g/mol. The molecule has 0 radical (unpaired) electrons. The van der Waals surface area contributed by atoms with Crippen molar-refractivity contribution >= 4 is 21.6 Å². The molecule has 4 fully saturated rings. The Morgan fingerprint density at radius 2 is 0.742 bits per heavy atom. The van der Waals surface area contributed by atoms with Crippen molar-refractivity contribution in [3.63, 3.8) is 0 Å². The van der Waals surface area contributed by atoms with E-state index in [1.807, 2.05) is 26.2 Å². The lowest BCUT2D eigenvalue weighted by molar-refractivity contribution is -0.138. The third-order valence-electron chi connectivity index (χ3n) is 18.3. The van der Waals surface area contributed by atoms with E-state index in [-0.39, 0.29) is 45.8 Å². The quantitative estimate of drug-likeness (QED) is 0.111. The van der Waals surface area contributed by atoms with Gasteiger partial charge >= 0.3 is 6.18 Å². The van der Waals surface area contributed by atoms with E-state index in [1.165, 1.54) is 67.3 Å². The maximum absolute atomic E-state index is 12.3. The molecule has 0 atom stereocenters. The fraction of sp³-hybridized carbons (Fsp3) is 0.620. The molecule has 89 heavy (non-hydrogen) atoms. The molecule has 500 valence electrons. The van der Waals surface area contributed by atoms with Gasteiger partial charge in [-0.05, 0) is 193 Å². The van der Waals surface area contributed by atoms with Gasteiger partial charge in [0.15, 0.2) is 0 Å². The molecule has 4 bridgehead atoms. The number of hydrogen-bond acceptors (Lipinski definition) is 6. The predicted molar refractivity (Wildman–Crippen MR) is 378 cm³/mol. The molecule has 10 heteroatoms. The summed E-state index contributed by atoms with van der Waals surface area (Å²) >= 11 is 3.50. The first kappa shape index (κ1) is 78.4. The second-order valence-corrected chi connectivity index (χ2v) is 34.0. The van der Waals surface area contributed by atoms with Crippen LogP contribution in [-0.2, 0) is 38.7 Å². The van der Waals surface area contributed by atoms with Crippen LogP contribution in [0.3, 0.4) is 0 Å². The number of benzene rings is 5. The highest BCUT2D eigenvalue weighted by atomic mass is 79.9. The van der Waals surface area contributed by atoms with Crippen molar-refractivity contribution in [2.45, 2.75) is 287 Å². The van der Waals surface area contributed by atoms with E-state index >= 15 is 0 Å². The topological polar surface area (TPSA) is 104 Å². The Morgan fingerprint density at radius 1 is 0.416 bits per heavy atom. The van der Waals surface area contributed by atoms with Crippen LogP contribution < -0.4 is 4.90 Å². The molecule has 0 aromatic heterocycles. The van der Waals surface area contributed by atoms with Gasteiger partial charge in [-0.25, -0.2) is 0 Å². The highest BCUT2D eigenvalue weighted by molar-refractivity contribution is 9.10. The number of anilines is 1. The number of nitrogens with zero attached hydrogens (tertiary/aromatic N) is 1. The van der Waals surface area contributed by atoms with Crippen LogP contribution >= 0.6 is 15.9 Å². The van der Waals surface area contributed by atoms with Crippen LogP contribution in [0.2, 0.25) is 0 Å². The zero-order chi connectivity index (χ0) is 67.7. The monoisotopic (exact) mass is 1300 g/mol. The Morgan fingerprint density at radius 3 is 1.09 bits per heavy atom. The lowest BCUT2D eigenvalue weighted by Gasteiger charge is -2.57. The number of para-hydroxylation sites is 1. The van der Waals surface area contributed by atoms with Gasteiger partial charge in [0.25, 0.3) is 0 Å². The molecule has 4 aliphatic rings. The molecule has 9 rings (SSSR count). The summed E-state index contributed by atoms with van der Waals surface area (Å²) in [6.07, 6.45) is 3.82. The molecule has 0 saturated heterocycles. The molecule has 0 heterocycles. The van der Waals surface area contributed by atoms with Gasteiger partial charge in [0, 0.05) is 40.9 Å². The number of aromatic hydroxyl groups is 5. The van der Waals surface area contributed by atoms with Crippen LogP contribution in [0, 0.1) is 17.8 Å². The minimum absolute atomic E-state index is 0. The summed E-state index contributed by atoms with van der Waals surface area (Å²) in [5, 5.41) is 51.7. The fourth-order valence-corrected chi connectivity index (χ4v) is 13.8. The Labute approximate surface area is 548 Å². The molecular weight excluding hydrogens is 1180 g/mol. The van der Waals surface area contributed by atoms with E-state index in [4.69, 9.17) is 0 Å². The van der Waals surface area contributed by atoms with Gasteiger partial charge in [-0.3, -0.25) is 0 Å². The molecule has 4 saturated carbocycles. The van der Waals surface area contributed by atoms with Gasteiger partial charge in [-0.15, -0.1) is 0 Å². The smallest absolute Gasteiger partial charge is 0.419 e. The van der Waals surface area contributed by atoms with Gasteiger partial charge in [0.1, 0.15) is 28.7 Å². The van der Waals surface area contributed by atoms with Gasteiger partial charge in [-0.2, -0.15) is 13.2 Å². The van der Waals surface area contributed by atoms with E-state index in [0.29, 0.717) is 52.2 Å². The third-order valence-corrected chi connectivity index (χ3v) is 18.7. The number of phenols is 5. The summed E-state index contributed by atoms with van der Waals surface area (Å²) in [4.78, 5) is 2.08. The van der Waals surface area contributed by atoms with Crippen LogP contribution in [0.4, 0.5) is 18.9 Å². The van der Waals surface area contributed by atoms with Gasteiger partial charge in [0.2, 0.25) is 0 Å². The molecule has 5 N–H and O–H groups in total. The van der Waals surface area contributed by atoms with Crippen LogP contribution in [-0.4, -0.2) is 39.6 Å². The summed E-state index contributed by atoms with van der Waals surface area (Å²) in [7, 11) is 4.06. The summed E-state index contributed by atoms with van der Waals surface area (Å²) in [6.45, 7) is 53.3. The Kier molecular flexibility index (Phi) is 25.9. The molecule has 0 amide bonds. The highest BCUT2D eigenvalue weighted by Gasteiger charge is 2.53. The minimum Gasteiger partial charge on any atom is -0.507 e. The number of phenolic OH excluding ortho intramolecular Hbond substituents is 5. The molecule has 4 aliphatic carbocycles. The van der Waals surface area contributed by atoms with E-state index in [1.54, 1.807) is 13.8 Å².